The van der Waals surface area contributed by atoms with Crippen molar-refractivity contribution < 1.29 is 9.47 Å². The van der Waals surface area contributed by atoms with Gasteiger partial charge >= 0.3 is 0 Å². The number of benzene rings is 1. The summed E-state index contributed by atoms with van der Waals surface area (Å²) in [6.45, 7) is 0.853. The van der Waals surface area contributed by atoms with Gasteiger partial charge in [-0.15, -0.1) is 0 Å². The fourth-order valence-corrected chi connectivity index (χ4v) is 1.89. The van der Waals surface area contributed by atoms with Gasteiger partial charge in [-0.3, -0.25) is 0 Å². The minimum atomic E-state index is 0.270. The summed E-state index contributed by atoms with van der Waals surface area (Å²) >= 11 is 5.78. The normalized spacial score (nSPS) is 12.5. The van der Waals surface area contributed by atoms with Crippen molar-refractivity contribution in [3.8, 4) is 11.5 Å². The van der Waals surface area contributed by atoms with Crippen molar-refractivity contribution in [2.24, 2.45) is 0 Å². The first-order chi connectivity index (χ1) is 8.83. The quantitative estimate of drug-likeness (QED) is 0.862. The minimum Gasteiger partial charge on any atom is -0.454 e. The number of halogens is 1. The zero-order chi connectivity index (χ0) is 12.4. The highest BCUT2D eigenvalue weighted by Gasteiger charge is 2.16. The average Bonchev–Trinajstić information content (AvgIpc) is 2.85. The first kappa shape index (κ1) is 11.1. The van der Waals surface area contributed by atoms with Gasteiger partial charge in [0.1, 0.15) is 17.3 Å². The first-order valence-electron chi connectivity index (χ1n) is 5.42. The van der Waals surface area contributed by atoms with E-state index in [0.29, 0.717) is 17.5 Å². The molecule has 6 heteroatoms. The molecule has 1 aromatic heterocycles. The molecule has 0 unspecified atom stereocenters. The summed E-state index contributed by atoms with van der Waals surface area (Å²) in [5, 5.41) is 3.57. The second-order valence-corrected chi connectivity index (χ2v) is 4.12. The molecule has 5 nitrogen and oxygen atoms in total. The summed E-state index contributed by atoms with van der Waals surface area (Å²) in [4.78, 5) is 7.89. The number of para-hydroxylation sites is 1. The van der Waals surface area contributed by atoms with Crippen LogP contribution in [-0.2, 0) is 6.54 Å². The molecule has 0 bridgehead atoms. The summed E-state index contributed by atoms with van der Waals surface area (Å²) < 4.78 is 10.7. The van der Waals surface area contributed by atoms with Crippen molar-refractivity contribution in [3.05, 3.63) is 41.3 Å². The fourth-order valence-electron chi connectivity index (χ4n) is 1.75. The van der Waals surface area contributed by atoms with E-state index in [0.717, 1.165) is 17.1 Å². The molecule has 2 aromatic rings. The number of ether oxygens (including phenoxy) is 2. The third kappa shape index (κ3) is 2.17. The van der Waals surface area contributed by atoms with Gasteiger partial charge in [0.25, 0.3) is 0 Å². The van der Waals surface area contributed by atoms with Crippen LogP contribution in [0.1, 0.15) is 5.56 Å². The molecule has 0 aliphatic carbocycles. The lowest BCUT2D eigenvalue weighted by Gasteiger charge is -2.08. The van der Waals surface area contributed by atoms with Gasteiger partial charge < -0.3 is 14.8 Å². The lowest BCUT2D eigenvalue weighted by Crippen LogP contribution is -2.03. The van der Waals surface area contributed by atoms with Crippen LogP contribution in [0.3, 0.4) is 0 Å². The van der Waals surface area contributed by atoms with Crippen LogP contribution in [0.5, 0.6) is 11.5 Å². The fraction of sp³-hybridized carbons (Fsp3) is 0.167. The lowest BCUT2D eigenvalue weighted by atomic mass is 10.2. The topological polar surface area (TPSA) is 56.3 Å². The molecule has 0 saturated carbocycles. The molecule has 1 N–H and O–H groups in total. The Labute approximate surface area is 109 Å². The molecule has 18 heavy (non-hydrogen) atoms. The van der Waals surface area contributed by atoms with E-state index in [-0.39, 0.29) is 6.79 Å². The van der Waals surface area contributed by atoms with Crippen LogP contribution in [-0.4, -0.2) is 16.8 Å². The molecule has 1 aromatic carbocycles. The second-order valence-electron chi connectivity index (χ2n) is 3.73. The average molecular weight is 264 g/mol. The highest BCUT2D eigenvalue weighted by atomic mass is 35.5. The number of rotatable bonds is 3. The van der Waals surface area contributed by atoms with Crippen molar-refractivity contribution in [1.82, 2.24) is 9.97 Å². The maximum absolute atomic E-state index is 5.78. The Balaban J connectivity index is 1.76. The van der Waals surface area contributed by atoms with Gasteiger partial charge in [0.2, 0.25) is 6.79 Å². The third-order valence-corrected chi connectivity index (χ3v) is 2.78. The first-order valence-corrected chi connectivity index (χ1v) is 5.79. The van der Waals surface area contributed by atoms with Gasteiger partial charge in [-0.05, 0) is 6.07 Å². The highest BCUT2D eigenvalue weighted by Crippen LogP contribution is 2.35. The summed E-state index contributed by atoms with van der Waals surface area (Å²) in [7, 11) is 0. The Kier molecular flexibility index (Phi) is 2.90. The Morgan fingerprint density at radius 1 is 1.28 bits per heavy atom. The Morgan fingerprint density at radius 3 is 3.11 bits per heavy atom. The van der Waals surface area contributed by atoms with E-state index in [1.807, 2.05) is 18.2 Å². The summed E-state index contributed by atoms with van der Waals surface area (Å²) in [5.74, 6) is 2.23. The maximum Gasteiger partial charge on any atom is 0.231 e. The van der Waals surface area contributed by atoms with E-state index in [9.17, 15) is 0 Å². The van der Waals surface area contributed by atoms with Crippen molar-refractivity contribution in [1.29, 1.82) is 0 Å². The minimum absolute atomic E-state index is 0.270. The zero-order valence-electron chi connectivity index (χ0n) is 9.39. The maximum atomic E-state index is 5.78. The van der Waals surface area contributed by atoms with E-state index in [4.69, 9.17) is 21.1 Å². The predicted molar refractivity (Wildman–Crippen MR) is 66.9 cm³/mol. The molecule has 3 rings (SSSR count). The summed E-state index contributed by atoms with van der Waals surface area (Å²) in [6.07, 6.45) is 1.42. The Hall–Kier alpha value is -2.01. The molecule has 1 aliphatic heterocycles. The van der Waals surface area contributed by atoms with Gasteiger partial charge in [-0.1, -0.05) is 23.7 Å². The van der Waals surface area contributed by atoms with Crippen molar-refractivity contribution in [3.63, 3.8) is 0 Å². The van der Waals surface area contributed by atoms with Crippen LogP contribution >= 0.6 is 11.6 Å². The standard InChI is InChI=1S/C12H10ClN3O2/c13-10-4-11(16-6-15-10)14-5-8-2-1-3-9-12(8)18-7-17-9/h1-4,6H,5,7H2,(H,14,15,16). The van der Waals surface area contributed by atoms with Crippen LogP contribution < -0.4 is 14.8 Å². The van der Waals surface area contributed by atoms with Crippen LogP contribution in [0, 0.1) is 0 Å². The van der Waals surface area contributed by atoms with Gasteiger partial charge in [-0.25, -0.2) is 9.97 Å². The van der Waals surface area contributed by atoms with Gasteiger partial charge in [0, 0.05) is 18.2 Å². The molecule has 0 spiro atoms. The van der Waals surface area contributed by atoms with E-state index >= 15 is 0 Å². The highest BCUT2D eigenvalue weighted by molar-refractivity contribution is 6.29. The van der Waals surface area contributed by atoms with Crippen LogP contribution in [0.15, 0.2) is 30.6 Å². The van der Waals surface area contributed by atoms with Crippen molar-refractivity contribution in [2.45, 2.75) is 6.54 Å². The molecular weight excluding hydrogens is 254 g/mol. The van der Waals surface area contributed by atoms with Crippen LogP contribution in [0.2, 0.25) is 5.15 Å². The number of nitrogens with one attached hydrogen (secondary N) is 1. The number of anilines is 1. The van der Waals surface area contributed by atoms with Gasteiger partial charge in [-0.2, -0.15) is 0 Å². The number of fused-ring (bicyclic) bond motifs is 1. The molecule has 0 saturated heterocycles. The number of aromatic nitrogens is 2. The Morgan fingerprint density at radius 2 is 2.22 bits per heavy atom. The van der Waals surface area contributed by atoms with E-state index < -0.39 is 0 Å². The van der Waals surface area contributed by atoms with Crippen LogP contribution in [0.4, 0.5) is 5.82 Å². The SMILES string of the molecule is Clc1cc(NCc2cccc3c2OCO3)ncn1. The molecule has 0 radical (unpaired) electrons. The summed E-state index contributed by atoms with van der Waals surface area (Å²) in [5.41, 5.74) is 1.01. The molecule has 2 heterocycles. The van der Waals surface area contributed by atoms with Crippen molar-refractivity contribution >= 4 is 17.4 Å². The molecule has 1 aliphatic rings. The van der Waals surface area contributed by atoms with Gasteiger partial charge in [0.15, 0.2) is 11.5 Å². The number of hydrogen-bond donors (Lipinski definition) is 1. The lowest BCUT2D eigenvalue weighted by molar-refractivity contribution is 0.173. The van der Waals surface area contributed by atoms with Crippen LogP contribution in [0.25, 0.3) is 0 Å². The van der Waals surface area contributed by atoms with E-state index in [2.05, 4.69) is 15.3 Å². The molecule has 0 atom stereocenters. The largest absolute Gasteiger partial charge is 0.454 e. The second kappa shape index (κ2) is 4.70. The van der Waals surface area contributed by atoms with E-state index in [1.165, 1.54) is 6.33 Å². The number of nitrogens with zero attached hydrogens (tertiary/aromatic N) is 2. The Bertz CT molecular complexity index is 577. The molecular formula is C12H10ClN3O2. The molecule has 0 fully saturated rings. The third-order valence-electron chi connectivity index (χ3n) is 2.57. The van der Waals surface area contributed by atoms with Gasteiger partial charge in [0.05, 0.1) is 0 Å². The van der Waals surface area contributed by atoms with E-state index in [1.54, 1.807) is 6.07 Å². The smallest absolute Gasteiger partial charge is 0.231 e. The number of hydrogen-bond acceptors (Lipinski definition) is 5. The van der Waals surface area contributed by atoms with Crippen molar-refractivity contribution in [2.75, 3.05) is 12.1 Å². The monoisotopic (exact) mass is 263 g/mol. The molecule has 92 valence electrons. The predicted octanol–water partition coefficient (Wildman–Crippen LogP) is 2.47. The molecule has 0 amide bonds. The zero-order valence-corrected chi connectivity index (χ0v) is 10.1. The summed E-state index contributed by atoms with van der Waals surface area (Å²) in [6, 6.07) is 7.45.